The van der Waals surface area contributed by atoms with Crippen molar-refractivity contribution in [1.29, 1.82) is 0 Å². The zero-order valence-corrected chi connectivity index (χ0v) is 16.7. The maximum Gasteiger partial charge on any atom is 0.269 e. The lowest BCUT2D eigenvalue weighted by atomic mass is 10.0. The van der Waals surface area contributed by atoms with Gasteiger partial charge in [-0.25, -0.2) is 4.98 Å². The Balaban J connectivity index is 1.70. The second-order valence-electron chi connectivity index (χ2n) is 6.79. The molecule has 7 nitrogen and oxygen atoms in total. The average Bonchev–Trinajstić information content (AvgIpc) is 2.79. The molecule has 1 heterocycles. The summed E-state index contributed by atoms with van der Waals surface area (Å²) in [5.41, 5.74) is 3.12. The Hall–Kier alpha value is -4.26. The Morgan fingerprint density at radius 3 is 2.42 bits per heavy atom. The van der Waals surface area contributed by atoms with Crippen LogP contribution >= 0.6 is 0 Å². The van der Waals surface area contributed by atoms with Crippen molar-refractivity contribution in [3.63, 3.8) is 0 Å². The number of nitrogens with zero attached hydrogens (tertiary/aromatic N) is 2. The number of carbonyl (C=O) groups is 1. The standard InChI is InChI=1S/C24H19N3O4/c1-2-31-19-13-7-16(8-14-19)23-15-21(20-5-3-4-6-22(20)26-23)24(28)25-17-9-11-18(12-10-17)27(29)30/h3-15H,2H2,1H3,(H,25,28). The van der Waals surface area contributed by atoms with Gasteiger partial charge >= 0.3 is 0 Å². The number of benzene rings is 3. The SMILES string of the molecule is CCOc1ccc(-c2cc(C(=O)Nc3ccc([N+](=O)[O-])cc3)c3ccccc3n2)cc1. The zero-order valence-electron chi connectivity index (χ0n) is 16.7. The van der Waals surface area contributed by atoms with E-state index in [1.54, 1.807) is 6.07 Å². The van der Waals surface area contributed by atoms with Gasteiger partial charge in [0.05, 0.1) is 28.3 Å². The summed E-state index contributed by atoms with van der Waals surface area (Å²) in [7, 11) is 0. The number of aromatic nitrogens is 1. The molecule has 3 aromatic carbocycles. The van der Waals surface area contributed by atoms with Gasteiger partial charge < -0.3 is 10.1 Å². The summed E-state index contributed by atoms with van der Waals surface area (Å²) in [4.78, 5) is 28.1. The maximum absolute atomic E-state index is 13.1. The monoisotopic (exact) mass is 413 g/mol. The number of ether oxygens (including phenoxy) is 1. The molecule has 31 heavy (non-hydrogen) atoms. The molecular weight excluding hydrogens is 394 g/mol. The molecule has 0 saturated carbocycles. The Bertz CT molecular complexity index is 1250. The lowest BCUT2D eigenvalue weighted by Crippen LogP contribution is -2.13. The molecule has 154 valence electrons. The Morgan fingerprint density at radius 2 is 1.74 bits per heavy atom. The van der Waals surface area contributed by atoms with Crippen molar-refractivity contribution in [3.8, 4) is 17.0 Å². The minimum absolute atomic E-state index is 0.0369. The molecule has 0 bridgehead atoms. The van der Waals surface area contributed by atoms with Gasteiger partial charge in [-0.05, 0) is 55.5 Å². The van der Waals surface area contributed by atoms with E-state index in [0.717, 1.165) is 16.7 Å². The van der Waals surface area contributed by atoms with E-state index in [-0.39, 0.29) is 11.6 Å². The van der Waals surface area contributed by atoms with Crippen molar-refractivity contribution in [2.24, 2.45) is 0 Å². The minimum atomic E-state index is -0.481. The van der Waals surface area contributed by atoms with Gasteiger partial charge in [0.1, 0.15) is 5.75 Å². The number of fused-ring (bicyclic) bond motifs is 1. The van der Waals surface area contributed by atoms with Crippen LogP contribution in [0.1, 0.15) is 17.3 Å². The van der Waals surface area contributed by atoms with Crippen LogP contribution in [0.3, 0.4) is 0 Å². The summed E-state index contributed by atoms with van der Waals surface area (Å²) in [6.07, 6.45) is 0. The first-order valence-corrected chi connectivity index (χ1v) is 9.74. The molecule has 0 saturated heterocycles. The first-order chi connectivity index (χ1) is 15.0. The third kappa shape index (κ3) is 4.35. The molecule has 0 unspecified atom stereocenters. The fourth-order valence-corrected chi connectivity index (χ4v) is 3.26. The van der Waals surface area contributed by atoms with Crippen LogP contribution in [0.4, 0.5) is 11.4 Å². The highest BCUT2D eigenvalue weighted by Gasteiger charge is 2.15. The second-order valence-corrected chi connectivity index (χ2v) is 6.79. The summed E-state index contributed by atoms with van der Waals surface area (Å²) in [6.45, 7) is 2.51. The maximum atomic E-state index is 13.1. The zero-order chi connectivity index (χ0) is 21.8. The number of non-ortho nitro benzene ring substituents is 1. The van der Waals surface area contributed by atoms with Crippen molar-refractivity contribution in [2.45, 2.75) is 6.92 Å². The number of pyridine rings is 1. The van der Waals surface area contributed by atoms with Crippen LogP contribution in [-0.4, -0.2) is 22.4 Å². The number of anilines is 1. The molecule has 0 spiro atoms. The van der Waals surface area contributed by atoms with Crippen molar-refractivity contribution >= 4 is 28.2 Å². The lowest BCUT2D eigenvalue weighted by Gasteiger charge is -2.11. The first kappa shape index (κ1) is 20.0. The molecule has 0 aliphatic heterocycles. The van der Waals surface area contributed by atoms with E-state index in [4.69, 9.17) is 9.72 Å². The molecule has 0 aliphatic carbocycles. The number of hydrogen-bond acceptors (Lipinski definition) is 5. The predicted octanol–water partition coefficient (Wildman–Crippen LogP) is 5.46. The summed E-state index contributed by atoms with van der Waals surface area (Å²) in [5.74, 6) is 0.447. The summed E-state index contributed by atoms with van der Waals surface area (Å²) >= 11 is 0. The molecule has 1 N–H and O–H groups in total. The van der Waals surface area contributed by atoms with Gasteiger partial charge in [-0.3, -0.25) is 14.9 Å². The summed E-state index contributed by atoms with van der Waals surface area (Å²) < 4.78 is 5.49. The smallest absolute Gasteiger partial charge is 0.269 e. The number of rotatable bonds is 6. The molecule has 1 amide bonds. The van der Waals surface area contributed by atoms with Gasteiger partial charge in [0.15, 0.2) is 0 Å². The summed E-state index contributed by atoms with van der Waals surface area (Å²) in [5, 5.41) is 14.4. The molecule has 7 heteroatoms. The van der Waals surface area contributed by atoms with Crippen LogP contribution in [0.5, 0.6) is 5.75 Å². The fourth-order valence-electron chi connectivity index (χ4n) is 3.26. The van der Waals surface area contributed by atoms with E-state index in [2.05, 4.69) is 5.32 Å². The van der Waals surface area contributed by atoms with E-state index in [1.165, 1.54) is 24.3 Å². The van der Waals surface area contributed by atoms with Crippen LogP contribution in [0.2, 0.25) is 0 Å². The highest BCUT2D eigenvalue weighted by atomic mass is 16.6. The predicted molar refractivity (Wildman–Crippen MR) is 119 cm³/mol. The van der Waals surface area contributed by atoms with Crippen LogP contribution in [0, 0.1) is 10.1 Å². The van der Waals surface area contributed by atoms with Gasteiger partial charge in [0.25, 0.3) is 11.6 Å². The number of amides is 1. The van der Waals surface area contributed by atoms with Crippen LogP contribution < -0.4 is 10.1 Å². The molecule has 4 aromatic rings. The normalized spacial score (nSPS) is 10.6. The van der Waals surface area contributed by atoms with Gasteiger partial charge in [-0.2, -0.15) is 0 Å². The van der Waals surface area contributed by atoms with Crippen LogP contribution in [0.25, 0.3) is 22.2 Å². The highest BCUT2D eigenvalue weighted by Crippen LogP contribution is 2.27. The van der Waals surface area contributed by atoms with E-state index in [0.29, 0.717) is 29.1 Å². The van der Waals surface area contributed by atoms with E-state index >= 15 is 0 Å². The van der Waals surface area contributed by atoms with Crippen molar-refractivity contribution in [3.05, 3.63) is 94.5 Å². The number of carbonyl (C=O) groups excluding carboxylic acids is 1. The average molecular weight is 413 g/mol. The molecule has 1 aromatic heterocycles. The molecule has 0 atom stereocenters. The second kappa shape index (κ2) is 8.62. The number of nitrogens with one attached hydrogen (secondary N) is 1. The number of hydrogen-bond donors (Lipinski definition) is 1. The van der Waals surface area contributed by atoms with Crippen molar-refractivity contribution in [2.75, 3.05) is 11.9 Å². The third-order valence-corrected chi connectivity index (χ3v) is 4.76. The van der Waals surface area contributed by atoms with Gasteiger partial charge in [-0.1, -0.05) is 18.2 Å². The molecule has 0 aliphatic rings. The Labute approximate surface area is 178 Å². The molecule has 4 rings (SSSR count). The molecule has 0 fully saturated rings. The van der Waals surface area contributed by atoms with Gasteiger partial charge in [0, 0.05) is 28.8 Å². The number of nitro groups is 1. The lowest BCUT2D eigenvalue weighted by molar-refractivity contribution is -0.384. The molecule has 0 radical (unpaired) electrons. The largest absolute Gasteiger partial charge is 0.494 e. The van der Waals surface area contributed by atoms with E-state index in [9.17, 15) is 14.9 Å². The minimum Gasteiger partial charge on any atom is -0.494 e. The highest BCUT2D eigenvalue weighted by molar-refractivity contribution is 6.13. The van der Waals surface area contributed by atoms with Crippen molar-refractivity contribution < 1.29 is 14.5 Å². The fraction of sp³-hybridized carbons (Fsp3) is 0.0833. The Kier molecular flexibility index (Phi) is 5.57. The quantitative estimate of drug-likeness (QED) is 0.334. The van der Waals surface area contributed by atoms with E-state index < -0.39 is 4.92 Å². The van der Waals surface area contributed by atoms with E-state index in [1.807, 2.05) is 55.5 Å². The first-order valence-electron chi connectivity index (χ1n) is 9.74. The van der Waals surface area contributed by atoms with Crippen LogP contribution in [-0.2, 0) is 0 Å². The molecular formula is C24H19N3O4. The van der Waals surface area contributed by atoms with Gasteiger partial charge in [-0.15, -0.1) is 0 Å². The Morgan fingerprint density at radius 1 is 1.03 bits per heavy atom. The van der Waals surface area contributed by atoms with Crippen LogP contribution in [0.15, 0.2) is 78.9 Å². The topological polar surface area (TPSA) is 94.4 Å². The summed E-state index contributed by atoms with van der Waals surface area (Å²) in [6, 6.07) is 22.4. The van der Waals surface area contributed by atoms with Crippen molar-refractivity contribution in [1.82, 2.24) is 4.98 Å². The number of para-hydroxylation sites is 1. The third-order valence-electron chi connectivity index (χ3n) is 4.76. The number of nitro benzene ring substituents is 1. The van der Waals surface area contributed by atoms with Gasteiger partial charge in [0.2, 0.25) is 0 Å².